The molecule has 1 aliphatic rings. The second-order valence-electron chi connectivity index (χ2n) is 4.96. The molecule has 1 fully saturated rings. The van der Waals surface area contributed by atoms with Crippen LogP contribution in [0.1, 0.15) is 32.4 Å². The van der Waals surface area contributed by atoms with E-state index in [4.69, 9.17) is 13.8 Å². The zero-order chi connectivity index (χ0) is 13.2. The summed E-state index contributed by atoms with van der Waals surface area (Å²) < 4.78 is 16.4. The first-order chi connectivity index (χ1) is 8.54. The molecule has 1 N–H and O–H groups in total. The van der Waals surface area contributed by atoms with Gasteiger partial charge in [0, 0.05) is 11.0 Å². The zero-order valence-corrected chi connectivity index (χ0v) is 11.8. The number of benzene rings is 1. The molecule has 2 atom stereocenters. The van der Waals surface area contributed by atoms with Gasteiger partial charge in [0.1, 0.15) is 11.9 Å². The van der Waals surface area contributed by atoms with E-state index in [-0.39, 0.29) is 11.5 Å². The van der Waals surface area contributed by atoms with Crippen molar-refractivity contribution >= 4 is 8.60 Å². The zero-order valence-electron chi connectivity index (χ0n) is 10.9. The number of hydrogen-bond donors (Lipinski definition) is 1. The van der Waals surface area contributed by atoms with E-state index in [1.807, 2.05) is 31.2 Å². The molecule has 1 aromatic carbocycles. The summed E-state index contributed by atoms with van der Waals surface area (Å²) >= 11 is 0. The van der Waals surface area contributed by atoms with E-state index in [1.165, 1.54) is 0 Å². The van der Waals surface area contributed by atoms with Crippen LogP contribution in [-0.4, -0.2) is 18.1 Å². The van der Waals surface area contributed by atoms with Gasteiger partial charge in [0.05, 0.1) is 13.2 Å². The fourth-order valence-corrected chi connectivity index (χ4v) is 3.11. The van der Waals surface area contributed by atoms with Gasteiger partial charge in [-0.05, 0) is 13.0 Å². The molecule has 1 heterocycles. The number of hydrogen-bond acceptors (Lipinski definition) is 4. The molecule has 0 amide bonds. The second kappa shape index (κ2) is 5.54. The highest BCUT2D eigenvalue weighted by Gasteiger charge is 2.40. The molecule has 1 aromatic rings. The van der Waals surface area contributed by atoms with Crippen molar-refractivity contribution in [2.75, 3.05) is 13.2 Å². The van der Waals surface area contributed by atoms with Gasteiger partial charge in [-0.1, -0.05) is 32.0 Å². The minimum Gasteiger partial charge on any atom is -0.493 e. The summed E-state index contributed by atoms with van der Waals surface area (Å²) in [4.78, 5) is 9.57. The summed E-state index contributed by atoms with van der Waals surface area (Å²) in [6.07, 6.45) is -0.217. The fraction of sp³-hybridized carbons (Fsp3) is 0.538. The maximum atomic E-state index is 9.57. The molecule has 2 rings (SSSR count). The molecule has 0 aliphatic carbocycles. The SMILES string of the molecule is CCOc1ccccc1C1OP(O)OCC1(C)C. The predicted octanol–water partition coefficient (Wildman–Crippen LogP) is 3.42. The highest BCUT2D eigenvalue weighted by molar-refractivity contribution is 7.40. The first-order valence-corrected chi connectivity index (χ1v) is 7.18. The van der Waals surface area contributed by atoms with Gasteiger partial charge in [-0.15, -0.1) is 0 Å². The topological polar surface area (TPSA) is 47.9 Å². The lowest BCUT2D eigenvalue weighted by Gasteiger charge is -2.39. The first kappa shape index (κ1) is 13.8. The standard InChI is InChI=1S/C13H19O4P/c1-4-15-11-8-6-5-7-10(11)12-13(2,3)9-16-18(14)17-12/h5-8,12,14H,4,9H2,1-3H3. The summed E-state index contributed by atoms with van der Waals surface area (Å²) in [5.41, 5.74) is 0.767. The molecular formula is C13H19O4P. The van der Waals surface area contributed by atoms with Gasteiger partial charge < -0.3 is 18.7 Å². The van der Waals surface area contributed by atoms with Crippen LogP contribution in [-0.2, 0) is 9.05 Å². The molecule has 2 unspecified atom stereocenters. The summed E-state index contributed by atoms with van der Waals surface area (Å²) in [5, 5.41) is 0. The third kappa shape index (κ3) is 2.83. The molecule has 0 radical (unpaired) electrons. The predicted molar refractivity (Wildman–Crippen MR) is 70.3 cm³/mol. The van der Waals surface area contributed by atoms with Gasteiger partial charge in [0.15, 0.2) is 0 Å². The van der Waals surface area contributed by atoms with Crippen molar-refractivity contribution < 1.29 is 18.7 Å². The van der Waals surface area contributed by atoms with E-state index in [9.17, 15) is 4.89 Å². The average Bonchev–Trinajstić information content (AvgIpc) is 2.34. The number of para-hydroxylation sites is 1. The van der Waals surface area contributed by atoms with E-state index in [0.29, 0.717) is 13.2 Å². The summed E-state index contributed by atoms with van der Waals surface area (Å²) in [6.45, 7) is 7.14. The van der Waals surface area contributed by atoms with Crippen molar-refractivity contribution in [3.63, 3.8) is 0 Å². The Labute approximate surface area is 109 Å². The normalized spacial score (nSPS) is 26.9. The molecule has 0 spiro atoms. The fourth-order valence-electron chi connectivity index (χ4n) is 2.02. The second-order valence-corrected chi connectivity index (χ2v) is 5.90. The molecule has 1 saturated heterocycles. The van der Waals surface area contributed by atoms with E-state index >= 15 is 0 Å². The molecular weight excluding hydrogens is 251 g/mol. The quantitative estimate of drug-likeness (QED) is 0.855. The third-order valence-electron chi connectivity index (χ3n) is 2.95. The highest BCUT2D eigenvalue weighted by Crippen LogP contribution is 2.54. The summed E-state index contributed by atoms with van der Waals surface area (Å²) in [7, 11) is -1.79. The first-order valence-electron chi connectivity index (χ1n) is 6.05. The van der Waals surface area contributed by atoms with E-state index in [2.05, 4.69) is 13.8 Å². The van der Waals surface area contributed by atoms with Gasteiger partial charge in [0.25, 0.3) is 0 Å². The van der Waals surface area contributed by atoms with Crippen LogP contribution in [0.25, 0.3) is 0 Å². The van der Waals surface area contributed by atoms with Crippen LogP contribution in [0.4, 0.5) is 0 Å². The van der Waals surface area contributed by atoms with Crippen molar-refractivity contribution in [1.82, 2.24) is 0 Å². The Bertz CT molecular complexity index is 408. The van der Waals surface area contributed by atoms with Gasteiger partial charge >= 0.3 is 8.60 Å². The minimum absolute atomic E-state index is 0.200. The monoisotopic (exact) mass is 270 g/mol. The van der Waals surface area contributed by atoms with Crippen molar-refractivity contribution in [2.45, 2.75) is 26.9 Å². The van der Waals surface area contributed by atoms with Crippen LogP contribution in [0.15, 0.2) is 24.3 Å². The Balaban J connectivity index is 2.33. The molecule has 1 aliphatic heterocycles. The molecule has 5 heteroatoms. The maximum absolute atomic E-state index is 9.57. The smallest absolute Gasteiger partial charge is 0.330 e. The largest absolute Gasteiger partial charge is 0.493 e. The van der Waals surface area contributed by atoms with Gasteiger partial charge in [-0.3, -0.25) is 0 Å². The van der Waals surface area contributed by atoms with Crippen LogP contribution in [0.5, 0.6) is 5.75 Å². The van der Waals surface area contributed by atoms with Crippen LogP contribution in [0.2, 0.25) is 0 Å². The van der Waals surface area contributed by atoms with Crippen molar-refractivity contribution in [1.29, 1.82) is 0 Å². The van der Waals surface area contributed by atoms with Gasteiger partial charge in [0.2, 0.25) is 0 Å². The molecule has 18 heavy (non-hydrogen) atoms. The van der Waals surface area contributed by atoms with E-state index in [1.54, 1.807) is 0 Å². The lowest BCUT2D eigenvalue weighted by atomic mass is 9.83. The maximum Gasteiger partial charge on any atom is 0.330 e. The Kier molecular flexibility index (Phi) is 4.23. The number of ether oxygens (including phenoxy) is 1. The third-order valence-corrected chi connectivity index (χ3v) is 3.69. The van der Waals surface area contributed by atoms with Crippen LogP contribution < -0.4 is 4.74 Å². The van der Waals surface area contributed by atoms with Crippen LogP contribution in [0.3, 0.4) is 0 Å². The number of rotatable bonds is 3. The lowest BCUT2D eigenvalue weighted by Crippen LogP contribution is -2.32. The summed E-state index contributed by atoms with van der Waals surface area (Å²) in [5.74, 6) is 0.809. The van der Waals surface area contributed by atoms with Gasteiger partial charge in [-0.25, -0.2) is 0 Å². The van der Waals surface area contributed by atoms with Crippen molar-refractivity contribution in [2.24, 2.45) is 5.41 Å². The lowest BCUT2D eigenvalue weighted by molar-refractivity contribution is -0.0288. The molecule has 0 bridgehead atoms. The van der Waals surface area contributed by atoms with Crippen LogP contribution >= 0.6 is 8.60 Å². The van der Waals surface area contributed by atoms with Crippen molar-refractivity contribution in [3.8, 4) is 5.75 Å². The van der Waals surface area contributed by atoms with Gasteiger partial charge in [-0.2, -0.15) is 0 Å². The Morgan fingerprint density at radius 1 is 1.44 bits per heavy atom. The molecule has 4 nitrogen and oxygen atoms in total. The van der Waals surface area contributed by atoms with E-state index in [0.717, 1.165) is 11.3 Å². The highest BCUT2D eigenvalue weighted by atomic mass is 31.2. The average molecular weight is 270 g/mol. The van der Waals surface area contributed by atoms with E-state index < -0.39 is 8.60 Å². The Morgan fingerprint density at radius 2 is 2.17 bits per heavy atom. The summed E-state index contributed by atoms with van der Waals surface area (Å²) in [6, 6.07) is 7.79. The molecule has 0 saturated carbocycles. The Morgan fingerprint density at radius 3 is 2.89 bits per heavy atom. The van der Waals surface area contributed by atoms with Crippen molar-refractivity contribution in [3.05, 3.63) is 29.8 Å². The Hall–Kier alpha value is -0.670. The van der Waals surface area contributed by atoms with Crippen LogP contribution in [0, 0.1) is 5.41 Å². The minimum atomic E-state index is -1.79. The molecule has 0 aromatic heterocycles. The molecule has 100 valence electrons.